The lowest BCUT2D eigenvalue weighted by Gasteiger charge is -2.29. The Bertz CT molecular complexity index is 577. The fourth-order valence-electron chi connectivity index (χ4n) is 3.67. The minimum absolute atomic E-state index is 0.249. The molecule has 1 N–H and O–H groups in total. The summed E-state index contributed by atoms with van der Waals surface area (Å²) in [4.78, 5) is 2.43. The van der Waals surface area contributed by atoms with Crippen LogP contribution < -0.4 is 5.32 Å². The summed E-state index contributed by atoms with van der Waals surface area (Å²) in [5, 5.41) is 7.72. The third-order valence-electron chi connectivity index (χ3n) is 5.28. The molecule has 2 heterocycles. The van der Waals surface area contributed by atoms with Gasteiger partial charge in [0, 0.05) is 24.9 Å². The molecule has 4 nitrogen and oxygen atoms in total. The van der Waals surface area contributed by atoms with Crippen molar-refractivity contribution in [3.05, 3.63) is 22.4 Å². The number of hydrogen-bond acceptors (Lipinski definition) is 5. The Morgan fingerprint density at radius 1 is 1.41 bits per heavy atom. The molecule has 1 saturated carbocycles. The van der Waals surface area contributed by atoms with Gasteiger partial charge in [-0.25, -0.2) is 8.42 Å². The van der Waals surface area contributed by atoms with E-state index in [9.17, 15) is 8.42 Å². The standard InChI is InChI=1S/C16H26N2O2S2/c1-2-22(19,20)10-8-18(12-14-3-9-21-13-14)15-11-16(15)4-6-17-7-5-16/h3,9,13,15,17H,2,4-8,10-12H2,1H3/t15-/m1/s1. The van der Waals surface area contributed by atoms with E-state index in [0.29, 0.717) is 23.8 Å². The number of nitrogens with one attached hydrogen (secondary N) is 1. The van der Waals surface area contributed by atoms with Crippen LogP contribution in [0.5, 0.6) is 0 Å². The summed E-state index contributed by atoms with van der Waals surface area (Å²) in [5.41, 5.74) is 1.77. The van der Waals surface area contributed by atoms with Crippen molar-refractivity contribution in [1.29, 1.82) is 0 Å². The molecule has 0 radical (unpaired) electrons. The lowest BCUT2D eigenvalue weighted by Crippen LogP contribution is -2.38. The van der Waals surface area contributed by atoms with E-state index in [-0.39, 0.29) is 5.75 Å². The van der Waals surface area contributed by atoms with Crippen LogP contribution in [0.25, 0.3) is 0 Å². The predicted octanol–water partition coefficient (Wildman–Crippen LogP) is 2.13. The quantitative estimate of drug-likeness (QED) is 0.825. The zero-order valence-corrected chi connectivity index (χ0v) is 14.9. The van der Waals surface area contributed by atoms with Crippen LogP contribution >= 0.6 is 11.3 Å². The van der Waals surface area contributed by atoms with Gasteiger partial charge in [0.15, 0.2) is 9.84 Å². The van der Waals surface area contributed by atoms with E-state index in [1.54, 1.807) is 18.3 Å². The van der Waals surface area contributed by atoms with Gasteiger partial charge in [0.25, 0.3) is 0 Å². The first-order valence-corrected chi connectivity index (χ1v) is 11.0. The predicted molar refractivity (Wildman–Crippen MR) is 92.0 cm³/mol. The highest BCUT2D eigenvalue weighted by molar-refractivity contribution is 7.91. The van der Waals surface area contributed by atoms with Gasteiger partial charge in [0.05, 0.1) is 5.75 Å². The lowest BCUT2D eigenvalue weighted by atomic mass is 9.93. The molecule has 3 rings (SSSR count). The number of sulfone groups is 1. The first kappa shape index (κ1) is 16.4. The van der Waals surface area contributed by atoms with E-state index < -0.39 is 9.84 Å². The van der Waals surface area contributed by atoms with Gasteiger partial charge in [-0.15, -0.1) is 0 Å². The number of piperidine rings is 1. The molecular formula is C16H26N2O2S2. The molecule has 22 heavy (non-hydrogen) atoms. The Balaban J connectivity index is 1.67. The van der Waals surface area contributed by atoms with E-state index >= 15 is 0 Å². The minimum atomic E-state index is -2.89. The first-order valence-electron chi connectivity index (χ1n) is 8.21. The highest BCUT2D eigenvalue weighted by Crippen LogP contribution is 2.55. The molecule has 124 valence electrons. The second kappa shape index (κ2) is 6.59. The summed E-state index contributed by atoms with van der Waals surface area (Å²) in [6, 6.07) is 2.73. The Kier molecular flexibility index (Phi) is 4.92. The molecule has 0 bridgehead atoms. The molecule has 0 unspecified atom stereocenters. The Morgan fingerprint density at radius 2 is 2.18 bits per heavy atom. The second-order valence-corrected chi connectivity index (χ2v) is 9.92. The first-order chi connectivity index (χ1) is 10.5. The van der Waals surface area contributed by atoms with Gasteiger partial charge in [0.2, 0.25) is 0 Å². The maximum Gasteiger partial charge on any atom is 0.151 e. The fraction of sp³-hybridized carbons (Fsp3) is 0.750. The topological polar surface area (TPSA) is 49.4 Å². The maximum atomic E-state index is 11.9. The molecule has 1 saturated heterocycles. The van der Waals surface area contributed by atoms with Gasteiger partial charge in [0.1, 0.15) is 0 Å². The third kappa shape index (κ3) is 3.72. The van der Waals surface area contributed by atoms with Crippen LogP contribution in [0, 0.1) is 5.41 Å². The van der Waals surface area contributed by atoms with Crippen LogP contribution in [0.1, 0.15) is 31.7 Å². The molecule has 2 aliphatic rings. The van der Waals surface area contributed by atoms with Crippen molar-refractivity contribution in [3.63, 3.8) is 0 Å². The normalized spacial score (nSPS) is 24.0. The molecule has 2 fully saturated rings. The molecular weight excluding hydrogens is 316 g/mol. The van der Waals surface area contributed by atoms with Crippen LogP contribution in [0.3, 0.4) is 0 Å². The zero-order valence-electron chi connectivity index (χ0n) is 13.3. The summed E-state index contributed by atoms with van der Waals surface area (Å²) in [6.45, 7) is 5.52. The monoisotopic (exact) mass is 342 g/mol. The summed E-state index contributed by atoms with van der Waals surface area (Å²) < 4.78 is 23.8. The SMILES string of the molecule is CCS(=O)(=O)CCN(Cc1ccsc1)[C@@H]1CC12CCNCC2. The van der Waals surface area contributed by atoms with Crippen LogP contribution in [0.4, 0.5) is 0 Å². The van der Waals surface area contributed by atoms with E-state index in [0.717, 1.165) is 19.6 Å². The maximum absolute atomic E-state index is 11.9. The van der Waals surface area contributed by atoms with Crippen LogP contribution in [-0.2, 0) is 16.4 Å². The third-order valence-corrected chi connectivity index (χ3v) is 7.70. The van der Waals surface area contributed by atoms with Crippen LogP contribution in [0.2, 0.25) is 0 Å². The van der Waals surface area contributed by atoms with Gasteiger partial charge in [-0.2, -0.15) is 11.3 Å². The second-order valence-electron chi connectivity index (χ2n) is 6.67. The fourth-order valence-corrected chi connectivity index (χ4v) is 5.13. The van der Waals surface area contributed by atoms with Crippen molar-refractivity contribution in [2.75, 3.05) is 31.1 Å². The van der Waals surface area contributed by atoms with Gasteiger partial charge in [-0.05, 0) is 60.2 Å². The van der Waals surface area contributed by atoms with Crippen molar-refractivity contribution >= 4 is 21.2 Å². The molecule has 1 aromatic heterocycles. The van der Waals surface area contributed by atoms with Crippen LogP contribution in [-0.4, -0.2) is 50.5 Å². The summed E-state index contributed by atoms with van der Waals surface area (Å²) in [5.74, 6) is 0.539. The Morgan fingerprint density at radius 3 is 2.82 bits per heavy atom. The van der Waals surface area contributed by atoms with E-state index in [2.05, 4.69) is 27.0 Å². The molecule has 0 amide bonds. The van der Waals surface area contributed by atoms with E-state index in [1.165, 1.54) is 24.8 Å². The number of rotatable bonds is 7. The number of nitrogens with zero attached hydrogens (tertiary/aromatic N) is 1. The molecule has 1 atom stereocenters. The van der Waals surface area contributed by atoms with E-state index in [1.807, 2.05) is 0 Å². The van der Waals surface area contributed by atoms with Gasteiger partial charge >= 0.3 is 0 Å². The average molecular weight is 343 g/mol. The van der Waals surface area contributed by atoms with Gasteiger partial charge < -0.3 is 5.32 Å². The molecule has 6 heteroatoms. The van der Waals surface area contributed by atoms with Gasteiger partial charge in [-0.3, -0.25) is 4.90 Å². The molecule has 1 aliphatic carbocycles. The summed E-state index contributed by atoms with van der Waals surface area (Å²) >= 11 is 1.71. The number of hydrogen-bond donors (Lipinski definition) is 1. The van der Waals surface area contributed by atoms with E-state index in [4.69, 9.17) is 0 Å². The van der Waals surface area contributed by atoms with Gasteiger partial charge in [-0.1, -0.05) is 6.92 Å². The van der Waals surface area contributed by atoms with Crippen molar-refractivity contribution < 1.29 is 8.42 Å². The Labute approximate surface area is 137 Å². The lowest BCUT2D eigenvalue weighted by molar-refractivity contribution is 0.205. The molecule has 1 spiro atoms. The molecule has 0 aromatic carbocycles. The highest BCUT2D eigenvalue weighted by atomic mass is 32.2. The largest absolute Gasteiger partial charge is 0.317 e. The van der Waals surface area contributed by atoms with Crippen molar-refractivity contribution in [1.82, 2.24) is 10.2 Å². The molecule has 1 aliphatic heterocycles. The minimum Gasteiger partial charge on any atom is -0.317 e. The van der Waals surface area contributed by atoms with Crippen LogP contribution in [0.15, 0.2) is 16.8 Å². The average Bonchev–Trinajstić information content (AvgIpc) is 2.97. The Hall–Kier alpha value is -0.430. The summed E-state index contributed by atoms with van der Waals surface area (Å²) in [6.07, 6.45) is 3.71. The highest BCUT2D eigenvalue weighted by Gasteiger charge is 2.56. The summed E-state index contributed by atoms with van der Waals surface area (Å²) in [7, 11) is -2.89. The molecule has 1 aromatic rings. The zero-order chi connectivity index (χ0) is 15.6. The smallest absolute Gasteiger partial charge is 0.151 e. The van der Waals surface area contributed by atoms with Crippen molar-refractivity contribution in [2.24, 2.45) is 5.41 Å². The van der Waals surface area contributed by atoms with Crippen molar-refractivity contribution in [2.45, 2.75) is 38.8 Å². The number of thiophene rings is 1. The van der Waals surface area contributed by atoms with Crippen molar-refractivity contribution in [3.8, 4) is 0 Å².